The van der Waals surface area contributed by atoms with Crippen LogP contribution in [0.1, 0.15) is 18.9 Å². The summed E-state index contributed by atoms with van der Waals surface area (Å²) in [4.78, 5) is 13.7. The smallest absolute Gasteiger partial charge is 0.226 e. The van der Waals surface area contributed by atoms with Gasteiger partial charge < -0.3 is 4.90 Å². The summed E-state index contributed by atoms with van der Waals surface area (Å²) in [6, 6.07) is 8.11. The highest BCUT2D eigenvalue weighted by molar-refractivity contribution is 9.10. The van der Waals surface area contributed by atoms with Gasteiger partial charge in [-0.1, -0.05) is 35.0 Å². The van der Waals surface area contributed by atoms with Gasteiger partial charge in [0.15, 0.2) is 0 Å². The maximum atomic E-state index is 11.9. The Morgan fingerprint density at radius 2 is 2.00 bits per heavy atom. The molecule has 3 heteroatoms. The molecular weight excluding hydrogens is 266 g/mol. The Bertz CT molecular complexity index is 387. The van der Waals surface area contributed by atoms with E-state index in [0.717, 1.165) is 10.9 Å². The van der Waals surface area contributed by atoms with Gasteiger partial charge in [0.25, 0.3) is 0 Å². The molecule has 0 bridgehead atoms. The lowest BCUT2D eigenvalue weighted by Gasteiger charge is -2.17. The van der Waals surface area contributed by atoms with Gasteiger partial charge in [0, 0.05) is 24.0 Å². The van der Waals surface area contributed by atoms with E-state index in [-0.39, 0.29) is 11.8 Å². The molecule has 0 aromatic heterocycles. The third-order valence-corrected chi connectivity index (χ3v) is 3.66. The number of halogens is 1. The van der Waals surface area contributed by atoms with E-state index < -0.39 is 0 Å². The number of hydrogen-bond donors (Lipinski definition) is 0. The summed E-state index contributed by atoms with van der Waals surface area (Å²) in [6.07, 6.45) is 1.06. The van der Waals surface area contributed by atoms with Crippen molar-refractivity contribution in [2.75, 3.05) is 7.05 Å². The van der Waals surface area contributed by atoms with E-state index in [1.807, 2.05) is 36.2 Å². The number of hydrogen-bond acceptors (Lipinski definition) is 1. The quantitative estimate of drug-likeness (QED) is 0.834. The van der Waals surface area contributed by atoms with Crippen molar-refractivity contribution in [2.24, 2.45) is 11.8 Å². The van der Waals surface area contributed by atoms with Crippen molar-refractivity contribution in [3.8, 4) is 0 Å². The SMILES string of the molecule is CC1CC1C(=O)N(C)Cc1ccc(Br)cc1. The van der Waals surface area contributed by atoms with Crippen LogP contribution in [0.25, 0.3) is 0 Å². The minimum Gasteiger partial charge on any atom is -0.341 e. The zero-order chi connectivity index (χ0) is 11.7. The lowest BCUT2D eigenvalue weighted by molar-refractivity contribution is -0.132. The molecule has 1 aliphatic carbocycles. The Morgan fingerprint density at radius 3 is 2.50 bits per heavy atom. The Balaban J connectivity index is 1.94. The van der Waals surface area contributed by atoms with Crippen molar-refractivity contribution in [1.82, 2.24) is 4.90 Å². The Kier molecular flexibility index (Phi) is 3.33. The average Bonchev–Trinajstić information content (AvgIpc) is 2.98. The number of carbonyl (C=O) groups is 1. The van der Waals surface area contributed by atoms with Gasteiger partial charge in [0.05, 0.1) is 0 Å². The third kappa shape index (κ3) is 2.64. The van der Waals surface area contributed by atoms with Crippen LogP contribution in [-0.2, 0) is 11.3 Å². The van der Waals surface area contributed by atoms with E-state index >= 15 is 0 Å². The van der Waals surface area contributed by atoms with Gasteiger partial charge in [-0.25, -0.2) is 0 Å². The summed E-state index contributed by atoms with van der Waals surface area (Å²) in [5, 5.41) is 0. The first-order valence-corrected chi connectivity index (χ1v) is 6.36. The second-order valence-corrected chi connectivity index (χ2v) is 5.56. The molecule has 2 atom stereocenters. The van der Waals surface area contributed by atoms with E-state index in [4.69, 9.17) is 0 Å². The molecule has 0 saturated heterocycles. The zero-order valence-electron chi connectivity index (χ0n) is 9.61. The standard InChI is InChI=1S/C13H16BrNO/c1-9-7-12(9)13(16)15(2)8-10-3-5-11(14)6-4-10/h3-6,9,12H,7-8H2,1-2H3. The molecule has 1 fully saturated rings. The molecular formula is C13H16BrNO. The number of benzene rings is 1. The minimum absolute atomic E-state index is 0.278. The van der Waals surface area contributed by atoms with Crippen LogP contribution in [0.3, 0.4) is 0 Å². The first-order chi connectivity index (χ1) is 7.58. The fraction of sp³-hybridized carbons (Fsp3) is 0.462. The van der Waals surface area contributed by atoms with Crippen LogP contribution in [0.4, 0.5) is 0 Å². The molecule has 2 unspecified atom stereocenters. The number of rotatable bonds is 3. The highest BCUT2D eigenvalue weighted by atomic mass is 79.9. The summed E-state index contributed by atoms with van der Waals surface area (Å²) in [5.74, 6) is 1.15. The number of nitrogens with zero attached hydrogens (tertiary/aromatic N) is 1. The minimum atomic E-state index is 0.278. The topological polar surface area (TPSA) is 20.3 Å². The first kappa shape index (κ1) is 11.6. The van der Waals surface area contributed by atoms with Crippen molar-refractivity contribution in [3.63, 3.8) is 0 Å². The molecule has 2 rings (SSSR count). The van der Waals surface area contributed by atoms with Crippen LogP contribution < -0.4 is 0 Å². The second-order valence-electron chi connectivity index (χ2n) is 4.64. The van der Waals surface area contributed by atoms with Gasteiger partial charge >= 0.3 is 0 Å². The molecule has 1 aliphatic rings. The number of carbonyl (C=O) groups excluding carboxylic acids is 1. The molecule has 86 valence electrons. The molecule has 2 nitrogen and oxygen atoms in total. The van der Waals surface area contributed by atoms with Crippen molar-refractivity contribution in [1.29, 1.82) is 0 Å². The molecule has 1 saturated carbocycles. The molecule has 1 amide bonds. The van der Waals surface area contributed by atoms with Gasteiger partial charge in [-0.3, -0.25) is 4.79 Å². The summed E-state index contributed by atoms with van der Waals surface area (Å²) in [7, 11) is 1.88. The van der Waals surface area contributed by atoms with Gasteiger partial charge in [0.2, 0.25) is 5.91 Å². The van der Waals surface area contributed by atoms with Crippen LogP contribution in [0.5, 0.6) is 0 Å². The van der Waals surface area contributed by atoms with E-state index in [0.29, 0.717) is 12.5 Å². The molecule has 16 heavy (non-hydrogen) atoms. The van der Waals surface area contributed by atoms with Gasteiger partial charge in [-0.15, -0.1) is 0 Å². The summed E-state index contributed by atoms with van der Waals surface area (Å²) < 4.78 is 1.07. The maximum absolute atomic E-state index is 11.9. The van der Waals surface area contributed by atoms with Crippen molar-refractivity contribution < 1.29 is 4.79 Å². The van der Waals surface area contributed by atoms with E-state index in [9.17, 15) is 4.79 Å². The van der Waals surface area contributed by atoms with Gasteiger partial charge in [0.1, 0.15) is 0 Å². The normalized spacial score (nSPS) is 22.9. The van der Waals surface area contributed by atoms with Crippen LogP contribution in [0, 0.1) is 11.8 Å². The van der Waals surface area contributed by atoms with Crippen LogP contribution in [0.15, 0.2) is 28.7 Å². The summed E-state index contributed by atoms with van der Waals surface area (Å²) in [6.45, 7) is 2.84. The molecule has 1 aromatic rings. The highest BCUT2D eigenvalue weighted by Crippen LogP contribution is 2.39. The van der Waals surface area contributed by atoms with Crippen LogP contribution in [0.2, 0.25) is 0 Å². The van der Waals surface area contributed by atoms with Gasteiger partial charge in [-0.05, 0) is 30.0 Å². The average molecular weight is 282 g/mol. The highest BCUT2D eigenvalue weighted by Gasteiger charge is 2.40. The molecule has 0 spiro atoms. The first-order valence-electron chi connectivity index (χ1n) is 5.57. The second kappa shape index (κ2) is 4.58. The predicted octanol–water partition coefficient (Wildman–Crippen LogP) is 3.06. The fourth-order valence-corrected chi connectivity index (χ4v) is 2.16. The fourth-order valence-electron chi connectivity index (χ4n) is 1.89. The van der Waals surface area contributed by atoms with E-state index in [1.54, 1.807) is 0 Å². The van der Waals surface area contributed by atoms with E-state index in [1.165, 1.54) is 5.56 Å². The maximum Gasteiger partial charge on any atom is 0.226 e. The van der Waals surface area contributed by atoms with E-state index in [2.05, 4.69) is 22.9 Å². The summed E-state index contributed by atoms with van der Waals surface area (Å²) >= 11 is 3.40. The third-order valence-electron chi connectivity index (χ3n) is 3.14. The Morgan fingerprint density at radius 1 is 1.44 bits per heavy atom. The van der Waals surface area contributed by atoms with Gasteiger partial charge in [-0.2, -0.15) is 0 Å². The zero-order valence-corrected chi connectivity index (χ0v) is 11.2. The van der Waals surface area contributed by atoms with Crippen molar-refractivity contribution >= 4 is 21.8 Å². The summed E-state index contributed by atoms with van der Waals surface area (Å²) in [5.41, 5.74) is 1.17. The molecule has 0 heterocycles. The molecule has 0 N–H and O–H groups in total. The monoisotopic (exact) mass is 281 g/mol. The molecule has 1 aromatic carbocycles. The van der Waals surface area contributed by atoms with Crippen molar-refractivity contribution in [2.45, 2.75) is 19.9 Å². The molecule has 0 aliphatic heterocycles. The largest absolute Gasteiger partial charge is 0.341 e. The van der Waals surface area contributed by atoms with Crippen molar-refractivity contribution in [3.05, 3.63) is 34.3 Å². The van der Waals surface area contributed by atoms with Crippen LogP contribution >= 0.6 is 15.9 Å². The Labute approximate surface area is 105 Å². The predicted molar refractivity (Wildman–Crippen MR) is 67.9 cm³/mol. The molecule has 0 radical (unpaired) electrons. The Hall–Kier alpha value is -0.830. The lowest BCUT2D eigenvalue weighted by Crippen LogP contribution is -2.27. The number of amides is 1. The van der Waals surface area contributed by atoms with Crippen LogP contribution in [-0.4, -0.2) is 17.9 Å². The lowest BCUT2D eigenvalue weighted by atomic mass is 10.2.